The van der Waals surface area contributed by atoms with Gasteiger partial charge in [0, 0.05) is 30.1 Å². The molecule has 0 saturated carbocycles. The zero-order valence-electron chi connectivity index (χ0n) is 21.8. The second kappa shape index (κ2) is 10.1. The largest absolute Gasteiger partial charge is 0.507 e. The number of amides is 1. The Hall–Kier alpha value is -4.91. The fourth-order valence-electron chi connectivity index (χ4n) is 5.23. The number of fused-ring (bicyclic) bond motifs is 1. The number of hydrogen-bond acceptors (Lipinski definition) is 5. The van der Waals surface area contributed by atoms with E-state index in [1.54, 1.807) is 12.4 Å². The first-order valence-corrected chi connectivity index (χ1v) is 12.8. The van der Waals surface area contributed by atoms with E-state index in [-0.39, 0.29) is 11.7 Å². The third-order valence-corrected chi connectivity index (χ3v) is 7.08. The molecule has 5 aromatic rings. The Kier molecular flexibility index (Phi) is 6.32. The van der Waals surface area contributed by atoms with Crippen LogP contribution in [0.3, 0.4) is 0 Å². The monoisotopic (exact) mass is 516 g/mol. The highest BCUT2D eigenvalue weighted by Crippen LogP contribution is 2.46. The summed E-state index contributed by atoms with van der Waals surface area (Å²) in [6.07, 6.45) is 3.49. The molecule has 7 nitrogen and oxygen atoms in total. The Bertz CT molecular complexity index is 1630. The van der Waals surface area contributed by atoms with E-state index in [1.165, 1.54) is 0 Å². The second-order valence-electron chi connectivity index (χ2n) is 9.88. The average molecular weight is 517 g/mol. The lowest BCUT2D eigenvalue weighted by atomic mass is 9.94. The maximum Gasteiger partial charge on any atom is 0.273 e. The highest BCUT2D eigenvalue weighted by Gasteiger charge is 2.42. The number of hydrogen-bond donors (Lipinski definition) is 2. The molecule has 0 aliphatic carbocycles. The van der Waals surface area contributed by atoms with Gasteiger partial charge in [0.15, 0.2) is 0 Å². The minimum Gasteiger partial charge on any atom is -0.507 e. The van der Waals surface area contributed by atoms with E-state index in [0.29, 0.717) is 30.1 Å². The lowest BCUT2D eigenvalue weighted by Crippen LogP contribution is -2.29. The van der Waals surface area contributed by atoms with Crippen molar-refractivity contribution in [1.29, 1.82) is 0 Å². The van der Waals surface area contributed by atoms with Gasteiger partial charge in [0.05, 0.1) is 6.04 Å². The minimum absolute atomic E-state index is 0.147. The van der Waals surface area contributed by atoms with Crippen molar-refractivity contribution in [3.05, 3.63) is 130 Å². The first kappa shape index (κ1) is 24.4. The third-order valence-electron chi connectivity index (χ3n) is 7.08. The van der Waals surface area contributed by atoms with Crippen LogP contribution in [0.1, 0.15) is 49.9 Å². The van der Waals surface area contributed by atoms with Crippen LogP contribution in [0.2, 0.25) is 0 Å². The van der Waals surface area contributed by atoms with Crippen LogP contribution in [0.4, 0.5) is 0 Å². The van der Waals surface area contributed by atoms with Crippen LogP contribution in [0.15, 0.2) is 91.3 Å². The van der Waals surface area contributed by atoms with E-state index in [0.717, 1.165) is 39.1 Å². The molecule has 0 spiro atoms. The van der Waals surface area contributed by atoms with Gasteiger partial charge in [-0.05, 0) is 65.9 Å². The number of nitrogens with one attached hydrogen (secondary N) is 1. The lowest BCUT2D eigenvalue weighted by Gasteiger charge is -2.26. The van der Waals surface area contributed by atoms with Gasteiger partial charge in [0.25, 0.3) is 5.91 Å². The molecule has 1 aliphatic heterocycles. The van der Waals surface area contributed by atoms with E-state index in [2.05, 4.69) is 15.2 Å². The van der Waals surface area contributed by atoms with Crippen molar-refractivity contribution in [2.24, 2.45) is 0 Å². The summed E-state index contributed by atoms with van der Waals surface area (Å²) in [4.78, 5) is 19.8. The van der Waals surface area contributed by atoms with Crippen molar-refractivity contribution >= 4 is 5.91 Å². The number of phenolic OH excluding ortho intramolecular Hbond substituents is 1. The number of H-pyrrole nitrogens is 1. The molecule has 194 valence electrons. The van der Waals surface area contributed by atoms with Crippen LogP contribution in [-0.4, -0.2) is 31.1 Å². The molecule has 0 bridgehead atoms. The molecule has 1 atom stereocenters. The summed E-state index contributed by atoms with van der Waals surface area (Å²) in [5.74, 6) is 0.757. The second-order valence-corrected chi connectivity index (χ2v) is 9.88. The first-order valence-electron chi connectivity index (χ1n) is 12.8. The van der Waals surface area contributed by atoms with E-state index >= 15 is 0 Å². The molecule has 3 aromatic carbocycles. The quantitative estimate of drug-likeness (QED) is 0.272. The molecule has 1 aliphatic rings. The Labute approximate surface area is 226 Å². The van der Waals surface area contributed by atoms with Crippen molar-refractivity contribution in [1.82, 2.24) is 20.1 Å². The molecule has 6 rings (SSSR count). The highest BCUT2D eigenvalue weighted by molar-refractivity contribution is 6.00. The van der Waals surface area contributed by atoms with Crippen LogP contribution in [0, 0.1) is 13.8 Å². The molecular formula is C32H28N4O3. The summed E-state index contributed by atoms with van der Waals surface area (Å²) in [5.41, 5.74) is 7.06. The standard InChI is InChI=1S/C32H28N4O3/c1-20-15-21(2)31(37)26(16-20)28-27-29(35-34-28)32(38)36(18-23-9-6-14-33-17-23)30(27)24-10-12-25(13-11-24)39-19-22-7-4-3-5-8-22/h3-17,30,37H,18-19H2,1-2H3,(H,34,35)/t30-/m0/s1. The normalized spacial score (nSPS) is 14.5. The maximum atomic E-state index is 13.7. The van der Waals surface area contributed by atoms with Crippen LogP contribution < -0.4 is 4.74 Å². The number of phenols is 1. The molecular weight excluding hydrogens is 488 g/mol. The van der Waals surface area contributed by atoms with Crippen molar-refractivity contribution in [2.45, 2.75) is 33.0 Å². The van der Waals surface area contributed by atoms with E-state index in [1.807, 2.05) is 97.6 Å². The summed E-state index contributed by atoms with van der Waals surface area (Å²) in [7, 11) is 0. The van der Waals surface area contributed by atoms with Gasteiger partial charge in [0.2, 0.25) is 0 Å². The number of pyridine rings is 1. The van der Waals surface area contributed by atoms with E-state index < -0.39 is 6.04 Å². The number of aromatic amines is 1. The Morgan fingerprint density at radius 1 is 0.974 bits per heavy atom. The first-order chi connectivity index (χ1) is 19.0. The molecule has 3 heterocycles. The van der Waals surface area contributed by atoms with Crippen LogP contribution >= 0.6 is 0 Å². The van der Waals surface area contributed by atoms with Crippen LogP contribution in [0.25, 0.3) is 11.3 Å². The molecule has 7 heteroatoms. The lowest BCUT2D eigenvalue weighted by molar-refractivity contribution is 0.0730. The summed E-state index contributed by atoms with van der Waals surface area (Å²) in [6.45, 7) is 4.69. The molecule has 2 aromatic heterocycles. The highest BCUT2D eigenvalue weighted by atomic mass is 16.5. The molecule has 0 radical (unpaired) electrons. The molecule has 2 N–H and O–H groups in total. The van der Waals surface area contributed by atoms with Gasteiger partial charge in [-0.15, -0.1) is 0 Å². The number of carbonyl (C=O) groups excluding carboxylic acids is 1. The Morgan fingerprint density at radius 2 is 1.74 bits per heavy atom. The van der Waals surface area contributed by atoms with E-state index in [4.69, 9.17) is 4.74 Å². The number of aromatic hydroxyl groups is 1. The average Bonchev–Trinajstić information content (AvgIpc) is 3.50. The fraction of sp³-hybridized carbons (Fsp3) is 0.156. The number of nitrogens with zero attached hydrogens (tertiary/aromatic N) is 3. The van der Waals surface area contributed by atoms with Gasteiger partial charge in [-0.3, -0.25) is 14.9 Å². The van der Waals surface area contributed by atoms with Gasteiger partial charge in [-0.1, -0.05) is 54.6 Å². The molecule has 0 unspecified atom stereocenters. The van der Waals surface area contributed by atoms with Gasteiger partial charge in [-0.2, -0.15) is 5.10 Å². The smallest absolute Gasteiger partial charge is 0.273 e. The fourth-order valence-corrected chi connectivity index (χ4v) is 5.23. The van der Waals surface area contributed by atoms with Crippen molar-refractivity contribution in [2.75, 3.05) is 0 Å². The molecule has 39 heavy (non-hydrogen) atoms. The summed E-state index contributed by atoms with van der Waals surface area (Å²) in [6, 6.07) is 25.1. The number of aromatic nitrogens is 3. The molecule has 0 saturated heterocycles. The maximum absolute atomic E-state index is 13.7. The summed E-state index contributed by atoms with van der Waals surface area (Å²) in [5, 5.41) is 18.5. The predicted octanol–water partition coefficient (Wildman–Crippen LogP) is 6.12. The van der Waals surface area contributed by atoms with Crippen LogP contribution in [0.5, 0.6) is 11.5 Å². The number of benzene rings is 3. The molecule has 1 amide bonds. The van der Waals surface area contributed by atoms with Crippen molar-refractivity contribution in [3.8, 4) is 22.8 Å². The Balaban J connectivity index is 1.40. The van der Waals surface area contributed by atoms with Gasteiger partial charge < -0.3 is 14.7 Å². The number of aryl methyl sites for hydroxylation is 2. The SMILES string of the molecule is Cc1cc(C)c(O)c(-c2n[nH]c3c2[C@H](c2ccc(OCc4ccccc4)cc2)N(Cc2cccnc2)C3=O)c1. The molecule has 0 fully saturated rings. The Morgan fingerprint density at radius 3 is 2.49 bits per heavy atom. The van der Waals surface area contributed by atoms with Crippen molar-refractivity contribution < 1.29 is 14.6 Å². The van der Waals surface area contributed by atoms with Gasteiger partial charge in [0.1, 0.15) is 29.5 Å². The van der Waals surface area contributed by atoms with Gasteiger partial charge >= 0.3 is 0 Å². The minimum atomic E-state index is -0.412. The van der Waals surface area contributed by atoms with Gasteiger partial charge in [-0.25, -0.2) is 0 Å². The number of carbonyl (C=O) groups is 1. The van der Waals surface area contributed by atoms with E-state index in [9.17, 15) is 9.90 Å². The summed E-state index contributed by atoms with van der Waals surface area (Å²) >= 11 is 0. The van der Waals surface area contributed by atoms with Crippen molar-refractivity contribution in [3.63, 3.8) is 0 Å². The number of ether oxygens (including phenoxy) is 1. The third kappa shape index (κ3) is 4.63. The predicted molar refractivity (Wildman–Crippen MR) is 148 cm³/mol. The summed E-state index contributed by atoms with van der Waals surface area (Å²) < 4.78 is 6.00. The topological polar surface area (TPSA) is 91.3 Å². The zero-order valence-corrected chi connectivity index (χ0v) is 21.8. The van der Waals surface area contributed by atoms with Crippen LogP contribution in [-0.2, 0) is 13.2 Å². The number of rotatable bonds is 7. The zero-order chi connectivity index (χ0) is 26.9.